The Hall–Kier alpha value is -1.92. The van der Waals surface area contributed by atoms with E-state index in [0.717, 1.165) is 13.7 Å². The van der Waals surface area contributed by atoms with Gasteiger partial charge in [0.05, 0.1) is 19.8 Å². The van der Waals surface area contributed by atoms with Gasteiger partial charge in [-0.05, 0) is 55.9 Å². The molecule has 1 aromatic heterocycles. The maximum absolute atomic E-state index is 12.9. The van der Waals surface area contributed by atoms with Gasteiger partial charge in [-0.1, -0.05) is 20.8 Å². The maximum atomic E-state index is 12.9. The molecule has 0 aromatic carbocycles. The van der Waals surface area contributed by atoms with Gasteiger partial charge in [0.25, 0.3) is 0 Å². The number of thiocarbonyl (C=S) groups is 3. The zero-order valence-electron chi connectivity index (χ0n) is 19.5. The van der Waals surface area contributed by atoms with Gasteiger partial charge in [0.2, 0.25) is 0 Å². The van der Waals surface area contributed by atoms with E-state index in [1.54, 1.807) is 0 Å². The third-order valence-corrected chi connectivity index (χ3v) is 5.84. The quantitative estimate of drug-likeness (QED) is 0.256. The Bertz CT molecular complexity index is 829. The van der Waals surface area contributed by atoms with Crippen molar-refractivity contribution in [1.82, 2.24) is 13.7 Å². The molecule has 0 N–H and O–H groups in total. The topological polar surface area (TPSA) is 93.7 Å². The van der Waals surface area contributed by atoms with Gasteiger partial charge in [-0.3, -0.25) is 0 Å². The molecule has 0 aliphatic rings. The average Bonchev–Trinajstić information content (AvgIpc) is 2.81. The Morgan fingerprint density at radius 2 is 0.818 bits per heavy atom. The summed E-state index contributed by atoms with van der Waals surface area (Å²) >= 11 is 15.1. The van der Waals surface area contributed by atoms with E-state index in [-0.39, 0.29) is 39.5 Å². The van der Waals surface area contributed by atoms with Crippen LogP contribution in [0.1, 0.15) is 59.3 Å². The van der Waals surface area contributed by atoms with Gasteiger partial charge in [-0.15, -0.1) is 0 Å². The molecule has 0 unspecified atom stereocenters. The first-order valence-electron chi connectivity index (χ1n) is 11.2. The molecule has 0 atom stereocenters. The lowest BCUT2D eigenvalue weighted by molar-refractivity contribution is 0.271. The molecule has 0 bridgehead atoms. The van der Waals surface area contributed by atoms with E-state index in [1.165, 1.54) is 0 Å². The molecule has 0 fully saturated rings. The van der Waals surface area contributed by atoms with Gasteiger partial charge >= 0.3 is 17.1 Å². The van der Waals surface area contributed by atoms with Gasteiger partial charge < -0.3 is 14.2 Å². The molecule has 33 heavy (non-hydrogen) atoms. The number of ether oxygens (including phenoxy) is 3. The third kappa shape index (κ3) is 9.85. The number of aromatic nitrogens is 3. The van der Waals surface area contributed by atoms with Crippen LogP contribution in [0.25, 0.3) is 0 Å². The number of rotatable bonds is 15. The Morgan fingerprint density at radius 3 is 1.03 bits per heavy atom. The first-order valence-corrected chi connectivity index (χ1v) is 12.4. The summed E-state index contributed by atoms with van der Waals surface area (Å²) in [6.07, 6.45) is 3.03. The molecule has 1 rings (SSSR count). The van der Waals surface area contributed by atoms with Gasteiger partial charge in [0.15, 0.2) is 15.2 Å². The fraction of sp³-hybridized carbons (Fsp3) is 0.714. The lowest BCUT2D eigenvalue weighted by Gasteiger charge is -2.15. The molecular formula is C21H33N3O6S3. The summed E-state index contributed by atoms with van der Waals surface area (Å²) in [6.45, 7) is 6.82. The van der Waals surface area contributed by atoms with Crippen LogP contribution in [0.4, 0.5) is 0 Å². The number of nitrogens with zero attached hydrogens (tertiary/aromatic N) is 3. The van der Waals surface area contributed by atoms with Crippen LogP contribution < -0.4 is 17.1 Å². The molecule has 1 aromatic rings. The molecule has 1 heterocycles. The van der Waals surface area contributed by atoms with Crippen molar-refractivity contribution in [3.8, 4) is 0 Å². The van der Waals surface area contributed by atoms with E-state index in [4.69, 9.17) is 50.9 Å². The fourth-order valence-corrected chi connectivity index (χ4v) is 3.04. The molecule has 0 radical (unpaired) electrons. The minimum Gasteiger partial charge on any atom is -0.487 e. The van der Waals surface area contributed by atoms with Gasteiger partial charge in [-0.2, -0.15) is 0 Å². The highest BCUT2D eigenvalue weighted by Gasteiger charge is 2.15. The maximum Gasteiger partial charge on any atom is 0.336 e. The van der Waals surface area contributed by atoms with Crippen molar-refractivity contribution < 1.29 is 14.2 Å². The molecule has 0 spiro atoms. The van der Waals surface area contributed by atoms with Gasteiger partial charge in [0, 0.05) is 38.9 Å². The summed E-state index contributed by atoms with van der Waals surface area (Å²) in [4.78, 5) is 38.8. The van der Waals surface area contributed by atoms with Crippen molar-refractivity contribution >= 4 is 51.8 Å². The van der Waals surface area contributed by atoms with Crippen LogP contribution in [0.15, 0.2) is 14.4 Å². The second-order valence-corrected chi connectivity index (χ2v) is 8.45. The highest BCUT2D eigenvalue weighted by atomic mass is 32.1. The SMILES string of the molecule is CCC(=S)OCCCn1c(=O)n(CCCOC(=S)CC)c(=O)n(CCCOC(=S)CC)c1=O. The summed E-state index contributed by atoms with van der Waals surface area (Å²) in [6, 6.07) is 0. The highest BCUT2D eigenvalue weighted by molar-refractivity contribution is 7.80. The molecule has 0 saturated carbocycles. The molecule has 0 aliphatic carbocycles. The zero-order valence-corrected chi connectivity index (χ0v) is 22.0. The zero-order chi connectivity index (χ0) is 24.8. The summed E-state index contributed by atoms with van der Waals surface area (Å²) in [5.41, 5.74) is -1.96. The Morgan fingerprint density at radius 1 is 0.576 bits per heavy atom. The number of hydrogen-bond acceptors (Lipinski definition) is 9. The molecule has 186 valence electrons. The lowest BCUT2D eigenvalue weighted by Crippen LogP contribution is -2.54. The normalized spacial score (nSPS) is 10.6. The largest absolute Gasteiger partial charge is 0.487 e. The van der Waals surface area contributed by atoms with Crippen LogP contribution in [0.5, 0.6) is 0 Å². The first kappa shape index (κ1) is 29.1. The predicted octanol–water partition coefficient (Wildman–Crippen LogP) is 2.60. The van der Waals surface area contributed by atoms with E-state index in [1.807, 2.05) is 20.8 Å². The molecule has 12 heteroatoms. The van der Waals surface area contributed by atoms with Gasteiger partial charge in [-0.25, -0.2) is 28.1 Å². The Labute approximate surface area is 209 Å². The first-order chi connectivity index (χ1) is 15.8. The van der Waals surface area contributed by atoms with Gasteiger partial charge in [0.1, 0.15) is 0 Å². The van der Waals surface area contributed by atoms with E-state index in [9.17, 15) is 14.4 Å². The molecular weight excluding hydrogens is 486 g/mol. The monoisotopic (exact) mass is 519 g/mol. The van der Waals surface area contributed by atoms with Crippen molar-refractivity contribution in [3.05, 3.63) is 31.5 Å². The summed E-state index contributed by atoms with van der Waals surface area (Å²) < 4.78 is 19.3. The molecule has 0 saturated heterocycles. The van der Waals surface area contributed by atoms with Crippen molar-refractivity contribution in [2.75, 3.05) is 19.8 Å². The van der Waals surface area contributed by atoms with Crippen molar-refractivity contribution in [2.24, 2.45) is 0 Å². The minimum absolute atomic E-state index is 0.108. The van der Waals surface area contributed by atoms with Crippen LogP contribution in [-0.2, 0) is 33.8 Å². The van der Waals surface area contributed by atoms with Crippen LogP contribution in [0.2, 0.25) is 0 Å². The number of hydrogen-bond donors (Lipinski definition) is 0. The van der Waals surface area contributed by atoms with E-state index in [2.05, 4.69) is 0 Å². The summed E-state index contributed by atoms with van der Waals surface area (Å²) in [7, 11) is 0. The molecule has 0 aliphatic heterocycles. The second kappa shape index (κ2) is 15.8. The standard InChI is InChI=1S/C21H33N3O6S3/c1-4-16(31)28-13-7-10-22-19(25)23(11-8-14-29-17(32)5-2)21(27)24(20(22)26)12-9-15-30-18(33)6-3/h4-15H2,1-3H3. The Kier molecular flexibility index (Phi) is 14.0. The van der Waals surface area contributed by atoms with Crippen LogP contribution in [0.3, 0.4) is 0 Å². The minimum atomic E-state index is -0.652. The third-order valence-electron chi connectivity index (χ3n) is 4.62. The van der Waals surface area contributed by atoms with Crippen molar-refractivity contribution in [2.45, 2.75) is 78.9 Å². The smallest absolute Gasteiger partial charge is 0.336 e. The van der Waals surface area contributed by atoms with E-state index >= 15 is 0 Å². The highest BCUT2D eigenvalue weighted by Crippen LogP contribution is 1.95. The van der Waals surface area contributed by atoms with E-state index < -0.39 is 17.1 Å². The predicted molar refractivity (Wildman–Crippen MR) is 140 cm³/mol. The van der Waals surface area contributed by atoms with Crippen LogP contribution in [0, 0.1) is 0 Å². The molecule has 0 amide bonds. The van der Waals surface area contributed by atoms with Crippen molar-refractivity contribution in [3.63, 3.8) is 0 Å². The second-order valence-electron chi connectivity index (χ2n) is 7.09. The van der Waals surface area contributed by atoms with Crippen LogP contribution >= 0.6 is 36.7 Å². The summed E-state index contributed by atoms with van der Waals surface area (Å²) in [5.74, 6) is 0. The van der Waals surface area contributed by atoms with Crippen molar-refractivity contribution in [1.29, 1.82) is 0 Å². The van der Waals surface area contributed by atoms with E-state index in [0.29, 0.717) is 53.7 Å². The van der Waals surface area contributed by atoms with Crippen LogP contribution in [-0.4, -0.2) is 48.7 Å². The average molecular weight is 520 g/mol. The summed E-state index contributed by atoms with van der Waals surface area (Å²) in [5, 5.41) is 1.42. The lowest BCUT2D eigenvalue weighted by atomic mass is 10.4. The molecule has 9 nitrogen and oxygen atoms in total. The Balaban J connectivity index is 3.06. The fourth-order valence-electron chi connectivity index (χ4n) is 2.79.